The number of thiocarbonyl (C=S) groups is 1. The van der Waals surface area contributed by atoms with E-state index in [1.807, 2.05) is 6.26 Å². The number of rotatable bonds is 6. The van der Waals surface area contributed by atoms with Gasteiger partial charge < -0.3 is 16.4 Å². The van der Waals surface area contributed by atoms with Gasteiger partial charge in [-0.15, -0.1) is 0 Å². The maximum absolute atomic E-state index is 11.1. The van der Waals surface area contributed by atoms with Gasteiger partial charge in [-0.05, 0) is 18.4 Å². The zero-order chi connectivity index (χ0) is 11.7. The molecule has 2 amide bonds. The van der Waals surface area contributed by atoms with E-state index >= 15 is 0 Å². The molecular formula is C8H15N3O2S2. The van der Waals surface area contributed by atoms with E-state index in [1.54, 1.807) is 11.8 Å². The minimum Gasteiger partial charge on any atom is -0.392 e. The van der Waals surface area contributed by atoms with Gasteiger partial charge in [-0.2, -0.15) is 11.8 Å². The Morgan fingerprint density at radius 2 is 1.93 bits per heavy atom. The number of nitrogens with two attached hydrogens (primary N) is 1. The Morgan fingerprint density at radius 3 is 2.47 bits per heavy atom. The van der Waals surface area contributed by atoms with Crippen LogP contribution in [0.25, 0.3) is 0 Å². The first kappa shape index (κ1) is 14.2. The van der Waals surface area contributed by atoms with Crippen LogP contribution in [0.15, 0.2) is 0 Å². The van der Waals surface area contributed by atoms with Crippen LogP contribution in [0.5, 0.6) is 0 Å². The van der Waals surface area contributed by atoms with Crippen LogP contribution in [0.3, 0.4) is 0 Å². The molecule has 5 nitrogen and oxygen atoms in total. The second-order valence-electron chi connectivity index (χ2n) is 2.75. The van der Waals surface area contributed by atoms with Gasteiger partial charge in [0.15, 0.2) is 0 Å². The highest BCUT2D eigenvalue weighted by atomic mass is 32.2. The quantitative estimate of drug-likeness (QED) is 0.328. The highest BCUT2D eigenvalue weighted by Gasteiger charge is 2.11. The Labute approximate surface area is 98.5 Å². The van der Waals surface area contributed by atoms with Crippen molar-refractivity contribution in [3.05, 3.63) is 0 Å². The van der Waals surface area contributed by atoms with Gasteiger partial charge in [0, 0.05) is 6.54 Å². The molecule has 0 spiro atoms. The molecular weight excluding hydrogens is 234 g/mol. The fourth-order valence-electron chi connectivity index (χ4n) is 0.746. The van der Waals surface area contributed by atoms with E-state index in [9.17, 15) is 9.59 Å². The number of hydrogen-bond donors (Lipinski definition) is 3. The van der Waals surface area contributed by atoms with Crippen molar-refractivity contribution in [2.45, 2.75) is 6.42 Å². The van der Waals surface area contributed by atoms with Gasteiger partial charge >= 0.3 is 11.8 Å². The fraction of sp³-hybridized carbons (Fsp3) is 0.625. The van der Waals surface area contributed by atoms with Crippen LogP contribution in [0.2, 0.25) is 0 Å². The highest BCUT2D eigenvalue weighted by Crippen LogP contribution is 1.92. The standard InChI is InChI=1S/C8H15N3O2S2/c1-15-4-2-3-10-7(12)8(13)11-5-6(9)14/h2-5H2,1H3,(H2,9,14)(H,10,12)(H,11,13). The zero-order valence-corrected chi connectivity index (χ0v) is 10.2. The lowest BCUT2D eigenvalue weighted by atomic mass is 10.4. The molecule has 0 aliphatic rings. The maximum Gasteiger partial charge on any atom is 0.309 e. The van der Waals surface area contributed by atoms with Gasteiger partial charge in [-0.1, -0.05) is 12.2 Å². The Balaban J connectivity index is 3.60. The normalized spacial score (nSPS) is 9.40. The number of nitrogens with one attached hydrogen (secondary N) is 2. The minimum absolute atomic E-state index is 0.0480. The largest absolute Gasteiger partial charge is 0.392 e. The van der Waals surface area contributed by atoms with Crippen LogP contribution in [-0.4, -0.2) is 41.9 Å². The third-order valence-corrected chi connectivity index (χ3v) is 2.28. The number of carbonyl (C=O) groups excluding carboxylic acids is 2. The molecule has 0 aliphatic carbocycles. The fourth-order valence-corrected chi connectivity index (χ4v) is 1.25. The topological polar surface area (TPSA) is 84.2 Å². The minimum atomic E-state index is -0.702. The van der Waals surface area contributed by atoms with Crippen molar-refractivity contribution in [3.63, 3.8) is 0 Å². The lowest BCUT2D eigenvalue weighted by Gasteiger charge is -2.04. The molecule has 0 aliphatic heterocycles. The van der Waals surface area contributed by atoms with E-state index in [2.05, 4.69) is 22.9 Å². The zero-order valence-electron chi connectivity index (χ0n) is 8.54. The van der Waals surface area contributed by atoms with Gasteiger partial charge in [0.1, 0.15) is 0 Å². The lowest BCUT2D eigenvalue weighted by Crippen LogP contribution is -2.43. The molecule has 0 bridgehead atoms. The third kappa shape index (κ3) is 8.19. The summed E-state index contributed by atoms with van der Waals surface area (Å²) in [5, 5.41) is 4.79. The predicted octanol–water partition coefficient (Wildman–Crippen LogP) is -0.742. The third-order valence-electron chi connectivity index (χ3n) is 1.44. The van der Waals surface area contributed by atoms with Crippen molar-refractivity contribution in [1.29, 1.82) is 0 Å². The van der Waals surface area contributed by atoms with Crippen molar-refractivity contribution >= 4 is 40.8 Å². The first-order chi connectivity index (χ1) is 7.07. The molecule has 0 heterocycles. The summed E-state index contributed by atoms with van der Waals surface area (Å²) in [4.78, 5) is 22.3. The van der Waals surface area contributed by atoms with Crippen LogP contribution >= 0.6 is 24.0 Å². The molecule has 86 valence electrons. The van der Waals surface area contributed by atoms with Crippen molar-refractivity contribution in [3.8, 4) is 0 Å². The molecule has 0 atom stereocenters. The van der Waals surface area contributed by atoms with Gasteiger partial charge in [-0.3, -0.25) is 9.59 Å². The Bertz CT molecular complexity index is 246. The predicted molar refractivity (Wildman–Crippen MR) is 65.8 cm³/mol. The van der Waals surface area contributed by atoms with Gasteiger partial charge in [0.2, 0.25) is 0 Å². The molecule has 0 unspecified atom stereocenters. The Hall–Kier alpha value is -0.820. The van der Waals surface area contributed by atoms with Crippen LogP contribution < -0.4 is 16.4 Å². The average molecular weight is 249 g/mol. The Kier molecular flexibility index (Phi) is 8.02. The summed E-state index contributed by atoms with van der Waals surface area (Å²) in [6, 6.07) is 0. The van der Waals surface area contributed by atoms with Crippen LogP contribution in [0, 0.1) is 0 Å². The van der Waals surface area contributed by atoms with Crippen molar-refractivity contribution < 1.29 is 9.59 Å². The van der Waals surface area contributed by atoms with Crippen LogP contribution in [0.4, 0.5) is 0 Å². The molecule has 0 fully saturated rings. The van der Waals surface area contributed by atoms with Gasteiger partial charge in [0.25, 0.3) is 0 Å². The maximum atomic E-state index is 11.1. The summed E-state index contributed by atoms with van der Waals surface area (Å²) < 4.78 is 0. The van der Waals surface area contributed by atoms with Crippen molar-refractivity contribution in [1.82, 2.24) is 10.6 Å². The van der Waals surface area contributed by atoms with E-state index in [1.165, 1.54) is 0 Å². The number of amides is 2. The first-order valence-electron chi connectivity index (χ1n) is 4.41. The SMILES string of the molecule is CSCCCNC(=O)C(=O)NCC(N)=S. The van der Waals surface area contributed by atoms with E-state index in [-0.39, 0.29) is 11.5 Å². The van der Waals surface area contributed by atoms with Gasteiger partial charge in [-0.25, -0.2) is 0 Å². The average Bonchev–Trinajstić information content (AvgIpc) is 2.20. The summed E-state index contributed by atoms with van der Waals surface area (Å²) in [6.45, 7) is 0.548. The summed E-state index contributed by atoms with van der Waals surface area (Å²) in [7, 11) is 0. The molecule has 0 aromatic rings. The van der Waals surface area contributed by atoms with Crippen molar-refractivity contribution in [2.75, 3.05) is 25.1 Å². The molecule has 15 heavy (non-hydrogen) atoms. The van der Waals surface area contributed by atoms with E-state index < -0.39 is 11.8 Å². The highest BCUT2D eigenvalue weighted by molar-refractivity contribution is 7.98. The first-order valence-corrected chi connectivity index (χ1v) is 6.21. The van der Waals surface area contributed by atoms with E-state index in [0.29, 0.717) is 6.54 Å². The number of carbonyl (C=O) groups is 2. The molecule has 0 saturated heterocycles. The summed E-state index contributed by atoms with van der Waals surface area (Å²) in [5.41, 5.74) is 5.16. The molecule has 0 saturated carbocycles. The van der Waals surface area contributed by atoms with Crippen LogP contribution in [-0.2, 0) is 9.59 Å². The second-order valence-corrected chi connectivity index (χ2v) is 4.26. The molecule has 0 radical (unpaired) electrons. The second kappa shape index (κ2) is 8.49. The van der Waals surface area contributed by atoms with E-state index in [4.69, 9.17) is 5.73 Å². The monoisotopic (exact) mass is 249 g/mol. The molecule has 0 rings (SSSR count). The summed E-state index contributed by atoms with van der Waals surface area (Å²) >= 11 is 6.24. The van der Waals surface area contributed by atoms with Crippen LogP contribution in [0.1, 0.15) is 6.42 Å². The van der Waals surface area contributed by atoms with E-state index in [0.717, 1.165) is 12.2 Å². The molecule has 0 aromatic heterocycles. The lowest BCUT2D eigenvalue weighted by molar-refractivity contribution is -0.139. The van der Waals surface area contributed by atoms with Crippen molar-refractivity contribution in [2.24, 2.45) is 5.73 Å². The molecule has 7 heteroatoms. The number of thioether (sulfide) groups is 1. The molecule has 0 aromatic carbocycles. The summed E-state index contributed by atoms with van der Waals surface area (Å²) in [5.74, 6) is -0.395. The number of hydrogen-bond acceptors (Lipinski definition) is 4. The smallest absolute Gasteiger partial charge is 0.309 e. The molecule has 4 N–H and O–H groups in total. The van der Waals surface area contributed by atoms with Gasteiger partial charge in [0.05, 0.1) is 11.5 Å². The summed E-state index contributed by atoms with van der Waals surface area (Å²) in [6.07, 6.45) is 2.83. The Morgan fingerprint density at radius 1 is 1.33 bits per heavy atom.